The SMILES string of the molecule is CC[C@H]1C=c2ccccc2=NCC1. The highest BCUT2D eigenvalue weighted by Gasteiger charge is 2.04. The molecule has 1 nitrogen and oxygen atoms in total. The number of fused-ring (bicyclic) bond motifs is 1. The third-order valence-corrected chi connectivity index (χ3v) is 2.66. The molecular formula is C12H15N. The van der Waals surface area contributed by atoms with E-state index in [4.69, 9.17) is 0 Å². The topological polar surface area (TPSA) is 12.4 Å². The zero-order valence-electron chi connectivity index (χ0n) is 8.03. The molecule has 1 heterocycles. The molecule has 2 rings (SSSR count). The molecule has 0 N–H and O–H groups in total. The Morgan fingerprint density at radius 3 is 3.08 bits per heavy atom. The Kier molecular flexibility index (Phi) is 2.44. The maximum absolute atomic E-state index is 4.55. The predicted octanol–water partition coefficient (Wildman–Crippen LogP) is 1.52. The first-order chi connectivity index (χ1) is 6.40. The van der Waals surface area contributed by atoms with Crippen LogP contribution in [-0.2, 0) is 0 Å². The van der Waals surface area contributed by atoms with E-state index < -0.39 is 0 Å². The van der Waals surface area contributed by atoms with E-state index in [2.05, 4.69) is 42.3 Å². The normalized spacial score (nSPS) is 20.8. The van der Waals surface area contributed by atoms with Crippen LogP contribution in [0.5, 0.6) is 0 Å². The molecule has 13 heavy (non-hydrogen) atoms. The standard InChI is InChI=1S/C12H15N/c1-2-10-7-8-13-12-6-4-3-5-11(12)9-10/h3-6,9-10H,2,7-8H2,1H3/t10-/m1/s1. The van der Waals surface area contributed by atoms with Crippen LogP contribution in [0.25, 0.3) is 6.08 Å². The summed E-state index contributed by atoms with van der Waals surface area (Å²) in [7, 11) is 0. The first kappa shape index (κ1) is 8.49. The second-order valence-corrected chi connectivity index (χ2v) is 3.56. The lowest BCUT2D eigenvalue weighted by molar-refractivity contribution is 0.612. The number of nitrogens with zero attached hydrogens (tertiary/aromatic N) is 1. The van der Waals surface area contributed by atoms with Crippen molar-refractivity contribution >= 4 is 6.08 Å². The van der Waals surface area contributed by atoms with Crippen molar-refractivity contribution < 1.29 is 0 Å². The summed E-state index contributed by atoms with van der Waals surface area (Å²) in [5.74, 6) is 0.715. The Morgan fingerprint density at radius 1 is 1.38 bits per heavy atom. The van der Waals surface area contributed by atoms with Crippen LogP contribution in [-0.4, -0.2) is 6.54 Å². The maximum atomic E-state index is 4.55. The predicted molar refractivity (Wildman–Crippen MR) is 55.0 cm³/mol. The molecule has 0 bridgehead atoms. The maximum Gasteiger partial charge on any atom is 0.0643 e. The Labute approximate surface area is 78.8 Å². The molecule has 0 spiro atoms. The fourth-order valence-corrected chi connectivity index (χ4v) is 1.78. The zero-order valence-corrected chi connectivity index (χ0v) is 8.03. The van der Waals surface area contributed by atoms with Gasteiger partial charge in [-0.3, -0.25) is 4.99 Å². The lowest BCUT2D eigenvalue weighted by Gasteiger charge is -2.04. The van der Waals surface area contributed by atoms with Gasteiger partial charge in [0.25, 0.3) is 0 Å². The van der Waals surface area contributed by atoms with Gasteiger partial charge in [0.1, 0.15) is 0 Å². The lowest BCUT2D eigenvalue weighted by Crippen LogP contribution is -2.23. The number of hydrogen-bond acceptors (Lipinski definition) is 1. The van der Waals surface area contributed by atoms with E-state index in [1.165, 1.54) is 23.4 Å². The molecule has 0 unspecified atom stereocenters. The molecule has 1 aromatic rings. The molecule has 1 atom stereocenters. The van der Waals surface area contributed by atoms with E-state index >= 15 is 0 Å². The summed E-state index contributed by atoms with van der Waals surface area (Å²) in [6, 6.07) is 8.40. The summed E-state index contributed by atoms with van der Waals surface area (Å²) >= 11 is 0. The molecule has 1 aliphatic rings. The van der Waals surface area contributed by atoms with E-state index in [9.17, 15) is 0 Å². The minimum absolute atomic E-state index is 0.715. The van der Waals surface area contributed by atoms with Gasteiger partial charge >= 0.3 is 0 Å². The van der Waals surface area contributed by atoms with Crippen LogP contribution in [0.3, 0.4) is 0 Å². The summed E-state index contributed by atoms with van der Waals surface area (Å²) in [6.07, 6.45) is 4.79. The van der Waals surface area contributed by atoms with Gasteiger partial charge in [-0.2, -0.15) is 0 Å². The molecule has 1 aromatic carbocycles. The van der Waals surface area contributed by atoms with Crippen molar-refractivity contribution in [3.8, 4) is 0 Å². The zero-order chi connectivity index (χ0) is 9.10. The van der Waals surface area contributed by atoms with Gasteiger partial charge < -0.3 is 0 Å². The molecule has 0 fully saturated rings. The third kappa shape index (κ3) is 1.80. The van der Waals surface area contributed by atoms with Crippen molar-refractivity contribution in [2.75, 3.05) is 6.54 Å². The van der Waals surface area contributed by atoms with Gasteiger partial charge in [-0.15, -0.1) is 0 Å². The number of rotatable bonds is 1. The van der Waals surface area contributed by atoms with Crippen LogP contribution < -0.4 is 10.6 Å². The molecule has 0 saturated carbocycles. The van der Waals surface area contributed by atoms with Crippen molar-refractivity contribution in [2.24, 2.45) is 10.9 Å². The average Bonchev–Trinajstić information content (AvgIpc) is 2.38. The number of para-hydroxylation sites is 1. The molecule has 1 heteroatoms. The largest absolute Gasteiger partial charge is 0.285 e. The van der Waals surface area contributed by atoms with Crippen molar-refractivity contribution in [2.45, 2.75) is 19.8 Å². The Morgan fingerprint density at radius 2 is 2.23 bits per heavy atom. The average molecular weight is 173 g/mol. The van der Waals surface area contributed by atoms with Gasteiger partial charge in [0.15, 0.2) is 0 Å². The molecule has 0 saturated heterocycles. The van der Waals surface area contributed by atoms with Crippen LogP contribution in [0, 0.1) is 5.92 Å². The highest BCUT2D eigenvalue weighted by atomic mass is 14.7. The second-order valence-electron chi connectivity index (χ2n) is 3.56. The molecule has 0 aromatic heterocycles. The molecular weight excluding hydrogens is 158 g/mol. The number of benzene rings is 1. The fraction of sp³-hybridized carbons (Fsp3) is 0.417. The van der Waals surface area contributed by atoms with Crippen molar-refractivity contribution in [1.29, 1.82) is 0 Å². The van der Waals surface area contributed by atoms with E-state index in [0.29, 0.717) is 5.92 Å². The van der Waals surface area contributed by atoms with E-state index in [1.54, 1.807) is 0 Å². The Hall–Kier alpha value is -1.11. The van der Waals surface area contributed by atoms with Crippen LogP contribution in [0.1, 0.15) is 19.8 Å². The summed E-state index contributed by atoms with van der Waals surface area (Å²) in [6.45, 7) is 3.22. The lowest BCUT2D eigenvalue weighted by atomic mass is 10.0. The monoisotopic (exact) mass is 173 g/mol. The molecule has 0 aliphatic carbocycles. The summed E-state index contributed by atoms with van der Waals surface area (Å²) in [5.41, 5.74) is 0. The highest BCUT2D eigenvalue weighted by Crippen LogP contribution is 2.10. The highest BCUT2D eigenvalue weighted by molar-refractivity contribution is 5.27. The molecule has 1 aliphatic heterocycles. The van der Waals surface area contributed by atoms with E-state index in [1.807, 2.05) is 0 Å². The summed E-state index contributed by atoms with van der Waals surface area (Å²) in [4.78, 5) is 4.55. The summed E-state index contributed by atoms with van der Waals surface area (Å²) in [5, 5.41) is 2.48. The van der Waals surface area contributed by atoms with Gasteiger partial charge in [-0.05, 0) is 30.0 Å². The van der Waals surface area contributed by atoms with Crippen LogP contribution in [0.15, 0.2) is 29.3 Å². The van der Waals surface area contributed by atoms with Crippen LogP contribution in [0.2, 0.25) is 0 Å². The fourth-order valence-electron chi connectivity index (χ4n) is 1.78. The summed E-state index contributed by atoms with van der Waals surface area (Å²) < 4.78 is 0. The quantitative estimate of drug-likeness (QED) is 0.610. The first-order valence-electron chi connectivity index (χ1n) is 5.01. The van der Waals surface area contributed by atoms with Gasteiger partial charge in [-0.1, -0.05) is 31.2 Å². The van der Waals surface area contributed by atoms with Crippen LogP contribution in [0.4, 0.5) is 0 Å². The van der Waals surface area contributed by atoms with E-state index in [0.717, 1.165) is 6.54 Å². The minimum Gasteiger partial charge on any atom is -0.285 e. The van der Waals surface area contributed by atoms with Crippen molar-refractivity contribution in [3.05, 3.63) is 34.8 Å². The molecule has 0 amide bonds. The minimum atomic E-state index is 0.715. The molecule has 0 radical (unpaired) electrons. The third-order valence-electron chi connectivity index (χ3n) is 2.66. The number of hydrogen-bond donors (Lipinski definition) is 0. The van der Waals surface area contributed by atoms with Gasteiger partial charge in [-0.25, -0.2) is 0 Å². The smallest absolute Gasteiger partial charge is 0.0643 e. The Bertz CT molecular complexity index is 392. The van der Waals surface area contributed by atoms with Crippen molar-refractivity contribution in [3.63, 3.8) is 0 Å². The van der Waals surface area contributed by atoms with Crippen molar-refractivity contribution in [1.82, 2.24) is 0 Å². The van der Waals surface area contributed by atoms with Gasteiger partial charge in [0.05, 0.1) is 5.36 Å². The van der Waals surface area contributed by atoms with Gasteiger partial charge in [0, 0.05) is 6.54 Å². The second kappa shape index (κ2) is 3.73. The van der Waals surface area contributed by atoms with Gasteiger partial charge in [0.2, 0.25) is 0 Å². The first-order valence-corrected chi connectivity index (χ1v) is 5.01. The van der Waals surface area contributed by atoms with Crippen LogP contribution >= 0.6 is 0 Å². The molecule has 68 valence electrons. The van der Waals surface area contributed by atoms with E-state index in [-0.39, 0.29) is 0 Å². The Balaban J connectivity index is 2.56.